The number of amides is 3. The smallest absolute Gasteiger partial charge is 0.270 e. The Morgan fingerprint density at radius 2 is 1.73 bits per heavy atom. The molecule has 11 nitrogen and oxygen atoms in total. The number of aryl methyl sites for hydroxylation is 1. The summed E-state index contributed by atoms with van der Waals surface area (Å²) in [6.45, 7) is 2.92. The third kappa shape index (κ3) is 5.98. The Labute approximate surface area is 258 Å². The molecule has 2 atom stereocenters. The highest BCUT2D eigenvalue weighted by molar-refractivity contribution is 5.95. The topological polar surface area (TPSA) is 143 Å². The van der Waals surface area contributed by atoms with Crippen LogP contribution in [0.2, 0.25) is 0 Å². The SMILES string of the molecule is CCNC(=O)[C@H](NC(=O)C1(c2ccc3nc([C@@H](NC(=O)c4ccnn4C)C4CCCCCCC4)[nH]c3c2)COC1)C1CCC1. The summed E-state index contributed by atoms with van der Waals surface area (Å²) in [5.74, 6) is 0.664. The van der Waals surface area contributed by atoms with Crippen LogP contribution in [0.4, 0.5) is 0 Å². The molecule has 1 aliphatic heterocycles. The molecular formula is C33H45N7O4. The van der Waals surface area contributed by atoms with Crippen LogP contribution in [0.15, 0.2) is 30.5 Å². The first-order valence-electron chi connectivity index (χ1n) is 16.3. The van der Waals surface area contributed by atoms with Gasteiger partial charge in [0.15, 0.2) is 0 Å². The van der Waals surface area contributed by atoms with Crippen LogP contribution in [0.25, 0.3) is 11.0 Å². The molecule has 11 heteroatoms. The number of hydrogen-bond acceptors (Lipinski definition) is 6. The first kappa shape index (κ1) is 30.3. The molecule has 44 heavy (non-hydrogen) atoms. The quantitative estimate of drug-likeness (QED) is 0.278. The average molecular weight is 604 g/mol. The number of hydrogen-bond donors (Lipinski definition) is 4. The van der Waals surface area contributed by atoms with Gasteiger partial charge in [-0.05, 0) is 68.2 Å². The lowest BCUT2D eigenvalue weighted by Gasteiger charge is -2.42. The highest BCUT2D eigenvalue weighted by Gasteiger charge is 2.49. The minimum Gasteiger partial charge on any atom is -0.378 e. The lowest BCUT2D eigenvalue weighted by atomic mass is 9.75. The molecule has 1 saturated heterocycles. The van der Waals surface area contributed by atoms with Gasteiger partial charge in [0.2, 0.25) is 11.8 Å². The lowest BCUT2D eigenvalue weighted by molar-refractivity contribution is -0.148. The standard InChI is InChI=1S/C33H45N7O4/c1-3-34-31(42)28(22-12-9-13-22)39-32(43)33(19-44-20-33)23-14-15-24-25(18-23)37-29(36-24)27(21-10-7-5-4-6-8-11-21)38-30(41)26-16-17-35-40(26)2/h14-18,21-22,27-28H,3-13,19-20H2,1-2H3,(H,34,42)(H,36,37)(H,38,41)(H,39,43)/t27-,28+/m0/s1. The third-order valence-corrected chi connectivity index (χ3v) is 9.98. The number of aromatic nitrogens is 4. The number of benzene rings is 1. The largest absolute Gasteiger partial charge is 0.378 e. The second kappa shape index (κ2) is 13.1. The Hall–Kier alpha value is -3.73. The number of H-pyrrole nitrogens is 1. The zero-order valence-corrected chi connectivity index (χ0v) is 25.9. The van der Waals surface area contributed by atoms with E-state index in [1.54, 1.807) is 24.0 Å². The van der Waals surface area contributed by atoms with Gasteiger partial charge in [-0.1, -0.05) is 44.6 Å². The molecule has 0 spiro atoms. The van der Waals surface area contributed by atoms with Crippen molar-refractivity contribution in [1.29, 1.82) is 0 Å². The molecule has 2 saturated carbocycles. The molecule has 3 aromatic rings. The summed E-state index contributed by atoms with van der Waals surface area (Å²) in [5.41, 5.74) is 2.04. The van der Waals surface area contributed by atoms with Crippen molar-refractivity contribution in [3.8, 4) is 0 Å². The average Bonchev–Trinajstić information content (AvgIpc) is 3.56. The number of imidazole rings is 1. The molecule has 3 aliphatic rings. The zero-order valence-electron chi connectivity index (χ0n) is 25.9. The number of carbonyl (C=O) groups excluding carboxylic acids is 3. The van der Waals surface area contributed by atoms with Crippen molar-refractivity contribution in [3.05, 3.63) is 47.5 Å². The van der Waals surface area contributed by atoms with E-state index in [4.69, 9.17) is 9.72 Å². The van der Waals surface area contributed by atoms with E-state index in [2.05, 4.69) is 26.0 Å². The summed E-state index contributed by atoms with van der Waals surface area (Å²) in [5, 5.41) is 13.5. The zero-order chi connectivity index (χ0) is 30.7. The van der Waals surface area contributed by atoms with Gasteiger partial charge >= 0.3 is 0 Å². The third-order valence-electron chi connectivity index (χ3n) is 9.98. The van der Waals surface area contributed by atoms with Gasteiger partial charge in [0.05, 0.1) is 30.3 Å². The fourth-order valence-corrected chi connectivity index (χ4v) is 6.99. The second-order valence-electron chi connectivity index (χ2n) is 12.9. The van der Waals surface area contributed by atoms with Crippen molar-refractivity contribution in [3.63, 3.8) is 0 Å². The molecule has 3 amide bonds. The van der Waals surface area contributed by atoms with Gasteiger partial charge in [-0.25, -0.2) is 4.98 Å². The number of nitrogens with zero attached hydrogens (tertiary/aromatic N) is 3. The van der Waals surface area contributed by atoms with E-state index in [0.717, 1.165) is 67.4 Å². The van der Waals surface area contributed by atoms with E-state index < -0.39 is 11.5 Å². The minimum absolute atomic E-state index is 0.122. The van der Waals surface area contributed by atoms with E-state index in [0.29, 0.717) is 12.2 Å². The van der Waals surface area contributed by atoms with Crippen molar-refractivity contribution < 1.29 is 19.1 Å². The molecule has 3 heterocycles. The van der Waals surface area contributed by atoms with Gasteiger partial charge in [0, 0.05) is 19.8 Å². The number of carbonyl (C=O) groups is 3. The molecule has 0 bridgehead atoms. The number of nitrogens with one attached hydrogen (secondary N) is 4. The van der Waals surface area contributed by atoms with Crippen molar-refractivity contribution in [2.75, 3.05) is 19.8 Å². The molecular weight excluding hydrogens is 558 g/mol. The van der Waals surface area contributed by atoms with Gasteiger partial charge < -0.3 is 25.7 Å². The van der Waals surface area contributed by atoms with E-state index in [1.807, 2.05) is 25.1 Å². The van der Waals surface area contributed by atoms with Crippen molar-refractivity contribution in [2.45, 2.75) is 88.6 Å². The van der Waals surface area contributed by atoms with E-state index in [9.17, 15) is 14.4 Å². The van der Waals surface area contributed by atoms with Crippen LogP contribution in [-0.4, -0.2) is 63.3 Å². The molecule has 0 unspecified atom stereocenters. The monoisotopic (exact) mass is 603 g/mol. The van der Waals surface area contributed by atoms with Gasteiger partial charge in [0.1, 0.15) is 23.0 Å². The lowest BCUT2D eigenvalue weighted by Crippen LogP contribution is -2.62. The molecule has 2 aromatic heterocycles. The molecule has 6 rings (SSSR count). The summed E-state index contributed by atoms with van der Waals surface area (Å²) in [6.07, 6.45) is 12.5. The van der Waals surface area contributed by atoms with Crippen LogP contribution in [0.5, 0.6) is 0 Å². The molecule has 3 fully saturated rings. The Morgan fingerprint density at radius 1 is 1.00 bits per heavy atom. The predicted octanol–water partition coefficient (Wildman–Crippen LogP) is 3.82. The summed E-state index contributed by atoms with van der Waals surface area (Å²) < 4.78 is 7.19. The maximum atomic E-state index is 13.8. The summed E-state index contributed by atoms with van der Waals surface area (Å²) >= 11 is 0. The normalized spacial score (nSPS) is 20.4. The van der Waals surface area contributed by atoms with Crippen LogP contribution < -0.4 is 16.0 Å². The van der Waals surface area contributed by atoms with Crippen LogP contribution >= 0.6 is 0 Å². The first-order chi connectivity index (χ1) is 21.4. The Morgan fingerprint density at radius 3 is 2.34 bits per heavy atom. The first-order valence-corrected chi connectivity index (χ1v) is 16.3. The summed E-state index contributed by atoms with van der Waals surface area (Å²) in [4.78, 5) is 48.6. The molecule has 0 radical (unpaired) electrons. The van der Waals surface area contributed by atoms with Gasteiger partial charge in [0.25, 0.3) is 5.91 Å². The number of rotatable bonds is 10. The Kier molecular flexibility index (Phi) is 9.02. The maximum Gasteiger partial charge on any atom is 0.270 e. The Bertz CT molecular complexity index is 1480. The fraction of sp³-hybridized carbons (Fsp3) is 0.606. The van der Waals surface area contributed by atoms with Gasteiger partial charge in [-0.15, -0.1) is 0 Å². The second-order valence-corrected chi connectivity index (χ2v) is 12.9. The van der Waals surface area contributed by atoms with Crippen LogP contribution in [0, 0.1) is 11.8 Å². The van der Waals surface area contributed by atoms with Crippen molar-refractivity contribution in [2.24, 2.45) is 18.9 Å². The van der Waals surface area contributed by atoms with Crippen LogP contribution in [0.3, 0.4) is 0 Å². The van der Waals surface area contributed by atoms with E-state index in [-0.39, 0.29) is 48.8 Å². The predicted molar refractivity (Wildman–Crippen MR) is 166 cm³/mol. The summed E-state index contributed by atoms with van der Waals surface area (Å²) in [7, 11) is 1.77. The van der Waals surface area contributed by atoms with Crippen molar-refractivity contribution in [1.82, 2.24) is 35.7 Å². The van der Waals surface area contributed by atoms with Gasteiger partial charge in [-0.2, -0.15) is 5.10 Å². The molecule has 236 valence electrons. The number of fused-ring (bicyclic) bond motifs is 1. The highest BCUT2D eigenvalue weighted by Crippen LogP contribution is 2.37. The number of aromatic amines is 1. The Balaban J connectivity index is 1.28. The minimum atomic E-state index is -0.874. The molecule has 4 N–H and O–H groups in total. The van der Waals surface area contributed by atoms with Crippen LogP contribution in [-0.2, 0) is 26.8 Å². The number of ether oxygens (including phenoxy) is 1. The van der Waals surface area contributed by atoms with Crippen LogP contribution in [0.1, 0.15) is 99.1 Å². The van der Waals surface area contributed by atoms with E-state index >= 15 is 0 Å². The molecule has 2 aliphatic carbocycles. The van der Waals surface area contributed by atoms with Gasteiger partial charge in [-0.3, -0.25) is 19.1 Å². The maximum absolute atomic E-state index is 13.8. The van der Waals surface area contributed by atoms with Crippen molar-refractivity contribution >= 4 is 28.8 Å². The summed E-state index contributed by atoms with van der Waals surface area (Å²) in [6, 6.07) is 6.76. The molecule has 1 aromatic carbocycles. The highest BCUT2D eigenvalue weighted by atomic mass is 16.5. The van der Waals surface area contributed by atoms with E-state index in [1.165, 1.54) is 19.3 Å². The fourth-order valence-electron chi connectivity index (χ4n) is 6.99. The number of likely N-dealkylation sites (N-methyl/N-ethyl adjacent to an activating group) is 1.